The standard InChI is InChI=1S/C15H16N4/c1-11(2)8-19-10-18-14-4-3-12(5-15(14)19)13-6-16-9-17-7-13/h3-7,9-11H,8H2,1-2H3. The number of benzene rings is 1. The Morgan fingerprint density at radius 3 is 2.63 bits per heavy atom. The van der Waals surface area contributed by atoms with Gasteiger partial charge in [0, 0.05) is 24.5 Å². The van der Waals surface area contributed by atoms with Crippen LogP contribution in [0.3, 0.4) is 0 Å². The minimum absolute atomic E-state index is 0.598. The minimum Gasteiger partial charge on any atom is -0.330 e. The van der Waals surface area contributed by atoms with Gasteiger partial charge in [0.05, 0.1) is 17.4 Å². The van der Waals surface area contributed by atoms with Crippen LogP contribution in [0.1, 0.15) is 13.8 Å². The Morgan fingerprint density at radius 2 is 1.89 bits per heavy atom. The van der Waals surface area contributed by atoms with E-state index in [1.54, 1.807) is 6.33 Å². The van der Waals surface area contributed by atoms with Crippen LogP contribution in [0.2, 0.25) is 0 Å². The molecule has 0 spiro atoms. The molecule has 2 aromatic heterocycles. The van der Waals surface area contributed by atoms with Crippen molar-refractivity contribution in [3.63, 3.8) is 0 Å². The second-order valence-corrected chi connectivity index (χ2v) is 5.12. The van der Waals surface area contributed by atoms with Gasteiger partial charge in [-0.15, -0.1) is 0 Å². The van der Waals surface area contributed by atoms with Crippen molar-refractivity contribution in [2.45, 2.75) is 20.4 Å². The minimum atomic E-state index is 0.598. The van der Waals surface area contributed by atoms with Gasteiger partial charge in [-0.2, -0.15) is 0 Å². The van der Waals surface area contributed by atoms with Crippen LogP contribution < -0.4 is 0 Å². The van der Waals surface area contributed by atoms with Crippen LogP contribution in [0.15, 0.2) is 43.2 Å². The summed E-state index contributed by atoms with van der Waals surface area (Å²) in [6.45, 7) is 5.40. The second kappa shape index (κ2) is 4.80. The fourth-order valence-corrected chi connectivity index (χ4v) is 2.22. The lowest BCUT2D eigenvalue weighted by Crippen LogP contribution is -2.02. The van der Waals surface area contributed by atoms with Crippen molar-refractivity contribution in [2.75, 3.05) is 0 Å². The van der Waals surface area contributed by atoms with E-state index in [9.17, 15) is 0 Å². The summed E-state index contributed by atoms with van der Waals surface area (Å²) in [5.41, 5.74) is 4.34. The first-order valence-corrected chi connectivity index (χ1v) is 6.44. The molecule has 1 aromatic carbocycles. The van der Waals surface area contributed by atoms with E-state index >= 15 is 0 Å². The van der Waals surface area contributed by atoms with Crippen LogP contribution in [0, 0.1) is 5.92 Å². The topological polar surface area (TPSA) is 43.6 Å². The Morgan fingerprint density at radius 1 is 1.11 bits per heavy atom. The van der Waals surface area contributed by atoms with Crippen LogP contribution in [-0.4, -0.2) is 19.5 Å². The fraction of sp³-hybridized carbons (Fsp3) is 0.267. The molecule has 0 bridgehead atoms. The van der Waals surface area contributed by atoms with Gasteiger partial charge in [-0.25, -0.2) is 15.0 Å². The third-order valence-corrected chi connectivity index (χ3v) is 3.08. The average molecular weight is 252 g/mol. The molecule has 3 rings (SSSR count). The first-order valence-electron chi connectivity index (χ1n) is 6.44. The molecule has 2 heterocycles. The van der Waals surface area contributed by atoms with Gasteiger partial charge >= 0.3 is 0 Å². The molecule has 0 N–H and O–H groups in total. The number of rotatable bonds is 3. The van der Waals surface area contributed by atoms with Crippen LogP contribution in [0.5, 0.6) is 0 Å². The lowest BCUT2D eigenvalue weighted by atomic mass is 10.1. The third kappa shape index (κ3) is 2.34. The molecule has 0 saturated carbocycles. The first-order chi connectivity index (χ1) is 9.24. The average Bonchev–Trinajstić information content (AvgIpc) is 2.82. The number of hydrogen-bond donors (Lipinski definition) is 0. The van der Waals surface area contributed by atoms with Crippen molar-refractivity contribution < 1.29 is 0 Å². The maximum Gasteiger partial charge on any atom is 0.115 e. The van der Waals surface area contributed by atoms with Crippen molar-refractivity contribution in [2.24, 2.45) is 5.92 Å². The summed E-state index contributed by atoms with van der Waals surface area (Å²) in [5, 5.41) is 0. The third-order valence-electron chi connectivity index (χ3n) is 3.08. The van der Waals surface area contributed by atoms with Gasteiger partial charge in [0.2, 0.25) is 0 Å². The Kier molecular flexibility index (Phi) is 2.99. The van der Waals surface area contributed by atoms with E-state index in [1.807, 2.05) is 18.7 Å². The van der Waals surface area contributed by atoms with Gasteiger partial charge in [0.1, 0.15) is 6.33 Å². The molecule has 0 radical (unpaired) electrons. The first kappa shape index (κ1) is 11.8. The maximum absolute atomic E-state index is 4.44. The van der Waals surface area contributed by atoms with Gasteiger partial charge in [0.15, 0.2) is 0 Å². The Labute approximate surface area is 112 Å². The highest BCUT2D eigenvalue weighted by Gasteiger charge is 2.06. The van der Waals surface area contributed by atoms with Crippen molar-refractivity contribution >= 4 is 11.0 Å². The SMILES string of the molecule is CC(C)Cn1cnc2ccc(-c3cncnc3)cc21. The zero-order valence-corrected chi connectivity index (χ0v) is 11.1. The number of aromatic nitrogens is 4. The summed E-state index contributed by atoms with van der Waals surface area (Å²) in [5.74, 6) is 0.598. The molecule has 4 heteroatoms. The number of imidazole rings is 1. The molecule has 3 aromatic rings. The molecule has 0 aliphatic heterocycles. The van der Waals surface area contributed by atoms with Gasteiger partial charge in [-0.05, 0) is 23.6 Å². The molecule has 0 saturated heterocycles. The molecule has 96 valence electrons. The van der Waals surface area contributed by atoms with Crippen molar-refractivity contribution in [3.8, 4) is 11.1 Å². The highest BCUT2D eigenvalue weighted by molar-refractivity contribution is 5.81. The maximum atomic E-state index is 4.44. The van der Waals surface area contributed by atoms with E-state index in [4.69, 9.17) is 0 Å². The number of fused-ring (bicyclic) bond motifs is 1. The molecular formula is C15H16N4. The van der Waals surface area contributed by atoms with E-state index in [1.165, 1.54) is 0 Å². The monoisotopic (exact) mass is 252 g/mol. The van der Waals surface area contributed by atoms with E-state index in [2.05, 4.69) is 51.6 Å². The highest BCUT2D eigenvalue weighted by Crippen LogP contribution is 2.23. The number of hydrogen-bond acceptors (Lipinski definition) is 3. The fourth-order valence-electron chi connectivity index (χ4n) is 2.22. The molecule has 0 amide bonds. The van der Waals surface area contributed by atoms with Gasteiger partial charge in [-0.3, -0.25) is 0 Å². The normalized spacial score (nSPS) is 11.3. The molecule has 4 nitrogen and oxygen atoms in total. The summed E-state index contributed by atoms with van der Waals surface area (Å²) < 4.78 is 2.20. The van der Waals surface area contributed by atoms with E-state index < -0.39 is 0 Å². The number of nitrogens with zero attached hydrogens (tertiary/aromatic N) is 4. The highest BCUT2D eigenvalue weighted by atomic mass is 15.0. The largest absolute Gasteiger partial charge is 0.330 e. The van der Waals surface area contributed by atoms with Gasteiger partial charge in [-0.1, -0.05) is 19.9 Å². The van der Waals surface area contributed by atoms with E-state index in [0.717, 1.165) is 28.7 Å². The van der Waals surface area contributed by atoms with Gasteiger partial charge in [0.25, 0.3) is 0 Å². The van der Waals surface area contributed by atoms with Crippen molar-refractivity contribution in [1.82, 2.24) is 19.5 Å². The summed E-state index contributed by atoms with van der Waals surface area (Å²) in [6.07, 6.45) is 7.12. The zero-order valence-electron chi connectivity index (χ0n) is 11.1. The lowest BCUT2D eigenvalue weighted by molar-refractivity contribution is 0.533. The Hall–Kier alpha value is -2.23. The summed E-state index contributed by atoms with van der Waals surface area (Å²) in [7, 11) is 0. The predicted molar refractivity (Wildman–Crippen MR) is 75.6 cm³/mol. The van der Waals surface area contributed by atoms with Crippen LogP contribution in [0.4, 0.5) is 0 Å². The summed E-state index contributed by atoms with van der Waals surface area (Å²) >= 11 is 0. The molecule has 19 heavy (non-hydrogen) atoms. The Bertz CT molecular complexity index is 686. The zero-order chi connectivity index (χ0) is 13.2. The van der Waals surface area contributed by atoms with Crippen LogP contribution >= 0.6 is 0 Å². The molecule has 0 atom stereocenters. The predicted octanol–water partition coefficient (Wildman–Crippen LogP) is 3.15. The van der Waals surface area contributed by atoms with Crippen LogP contribution in [0.25, 0.3) is 22.2 Å². The smallest absolute Gasteiger partial charge is 0.115 e. The molecular weight excluding hydrogens is 236 g/mol. The summed E-state index contributed by atoms with van der Waals surface area (Å²) in [4.78, 5) is 12.6. The second-order valence-electron chi connectivity index (χ2n) is 5.12. The van der Waals surface area contributed by atoms with Gasteiger partial charge < -0.3 is 4.57 Å². The van der Waals surface area contributed by atoms with Crippen molar-refractivity contribution in [1.29, 1.82) is 0 Å². The van der Waals surface area contributed by atoms with E-state index in [-0.39, 0.29) is 0 Å². The molecule has 0 aliphatic carbocycles. The molecule has 0 aliphatic rings. The van der Waals surface area contributed by atoms with Crippen molar-refractivity contribution in [3.05, 3.63) is 43.2 Å². The Balaban J connectivity index is 2.09. The molecule has 0 fully saturated rings. The quantitative estimate of drug-likeness (QED) is 0.719. The van der Waals surface area contributed by atoms with Crippen LogP contribution in [-0.2, 0) is 6.54 Å². The lowest BCUT2D eigenvalue weighted by Gasteiger charge is -2.08. The summed E-state index contributed by atoms with van der Waals surface area (Å²) in [6, 6.07) is 6.27. The van der Waals surface area contributed by atoms with E-state index in [0.29, 0.717) is 5.92 Å². The molecule has 0 unspecified atom stereocenters.